The third-order valence-corrected chi connectivity index (χ3v) is 4.22. The lowest BCUT2D eigenvalue weighted by Crippen LogP contribution is -2.25. The molecule has 1 unspecified atom stereocenters. The topological polar surface area (TPSA) is 29.1 Å². The van der Waals surface area contributed by atoms with Gasteiger partial charge in [0.1, 0.15) is 0 Å². The third-order valence-electron chi connectivity index (χ3n) is 3.08. The van der Waals surface area contributed by atoms with E-state index in [0.717, 1.165) is 11.1 Å². The van der Waals surface area contributed by atoms with E-state index in [2.05, 4.69) is 17.9 Å². The van der Waals surface area contributed by atoms with Crippen molar-refractivity contribution in [2.24, 2.45) is 0 Å². The fourth-order valence-corrected chi connectivity index (χ4v) is 2.59. The Labute approximate surface area is 139 Å². The zero-order chi connectivity index (χ0) is 15.4. The summed E-state index contributed by atoms with van der Waals surface area (Å²) in [6.45, 7) is 1.86. The lowest BCUT2D eigenvalue weighted by atomic mass is 10.1. The molecule has 0 saturated carbocycles. The average molecular weight is 340 g/mol. The number of carbonyl (C=O) groups is 1. The Bertz CT molecular complexity index is 646. The van der Waals surface area contributed by atoms with Gasteiger partial charge < -0.3 is 5.32 Å². The molecule has 0 fully saturated rings. The Morgan fingerprint density at radius 2 is 1.86 bits per heavy atom. The summed E-state index contributed by atoms with van der Waals surface area (Å²) < 4.78 is 0. The molecule has 2 aromatic rings. The van der Waals surface area contributed by atoms with Gasteiger partial charge in [-0.1, -0.05) is 53.5 Å². The molecule has 0 bridgehead atoms. The minimum Gasteiger partial charge on any atom is -0.324 e. The molecule has 0 aliphatic rings. The van der Waals surface area contributed by atoms with E-state index in [4.69, 9.17) is 23.2 Å². The molecular weight excluding hydrogens is 325 g/mol. The Kier molecular flexibility index (Phi) is 5.57. The SMILES string of the molecule is Cc1cc(Cl)c(NC(=O)C(S)Cc2ccccc2)cc1Cl. The lowest BCUT2D eigenvalue weighted by molar-refractivity contribution is -0.115. The van der Waals surface area contributed by atoms with Gasteiger partial charge in [-0.3, -0.25) is 4.79 Å². The van der Waals surface area contributed by atoms with Crippen molar-refractivity contribution in [3.63, 3.8) is 0 Å². The minimum atomic E-state index is -0.455. The highest BCUT2D eigenvalue weighted by Gasteiger charge is 2.16. The zero-order valence-electron chi connectivity index (χ0n) is 11.4. The first kappa shape index (κ1) is 16.2. The molecule has 2 nitrogen and oxygen atoms in total. The molecule has 5 heteroatoms. The summed E-state index contributed by atoms with van der Waals surface area (Å²) in [5.74, 6) is -0.205. The standard InChI is InChI=1S/C16H15Cl2NOS/c1-10-7-13(18)14(9-12(10)17)19-16(20)15(21)8-11-5-3-2-4-6-11/h2-7,9,15,21H,8H2,1H3,(H,19,20). The summed E-state index contributed by atoms with van der Waals surface area (Å²) in [5, 5.41) is 3.34. The number of carbonyl (C=O) groups excluding carboxylic acids is 1. The van der Waals surface area contributed by atoms with Crippen LogP contribution in [0.15, 0.2) is 42.5 Å². The second kappa shape index (κ2) is 7.21. The van der Waals surface area contributed by atoms with Crippen molar-refractivity contribution in [3.05, 3.63) is 63.6 Å². The molecule has 2 aromatic carbocycles. The van der Waals surface area contributed by atoms with Crippen LogP contribution >= 0.6 is 35.8 Å². The monoisotopic (exact) mass is 339 g/mol. The molecule has 1 amide bonds. The summed E-state index contributed by atoms with van der Waals surface area (Å²) >= 11 is 16.5. The van der Waals surface area contributed by atoms with Crippen molar-refractivity contribution in [1.82, 2.24) is 0 Å². The fraction of sp³-hybridized carbons (Fsp3) is 0.188. The number of amides is 1. The normalized spacial score (nSPS) is 12.0. The van der Waals surface area contributed by atoms with Crippen LogP contribution in [-0.2, 0) is 11.2 Å². The van der Waals surface area contributed by atoms with Crippen LogP contribution in [0.2, 0.25) is 10.0 Å². The van der Waals surface area contributed by atoms with Gasteiger partial charge in [-0.05, 0) is 36.6 Å². The number of thiol groups is 1. The smallest absolute Gasteiger partial charge is 0.237 e. The summed E-state index contributed by atoms with van der Waals surface area (Å²) in [6, 6.07) is 13.1. The second-order valence-corrected chi connectivity index (χ2v) is 6.21. The van der Waals surface area contributed by atoms with Crippen molar-refractivity contribution >= 4 is 47.4 Å². The first-order chi connectivity index (χ1) is 9.97. The number of anilines is 1. The van der Waals surface area contributed by atoms with E-state index in [9.17, 15) is 4.79 Å². The largest absolute Gasteiger partial charge is 0.324 e. The summed E-state index contributed by atoms with van der Waals surface area (Å²) in [5.41, 5.74) is 2.43. The van der Waals surface area contributed by atoms with E-state index < -0.39 is 5.25 Å². The summed E-state index contributed by atoms with van der Waals surface area (Å²) in [7, 11) is 0. The lowest BCUT2D eigenvalue weighted by Gasteiger charge is -2.13. The maximum atomic E-state index is 12.2. The molecule has 0 radical (unpaired) electrons. The molecule has 21 heavy (non-hydrogen) atoms. The van der Waals surface area contributed by atoms with Gasteiger partial charge in [0, 0.05) is 5.02 Å². The molecule has 110 valence electrons. The summed E-state index contributed by atoms with van der Waals surface area (Å²) in [6.07, 6.45) is 0.549. The van der Waals surface area contributed by atoms with Gasteiger partial charge in [0.25, 0.3) is 0 Å². The molecule has 0 spiro atoms. The molecule has 0 aliphatic heterocycles. The Morgan fingerprint density at radius 1 is 1.19 bits per heavy atom. The molecular formula is C16H15Cl2NOS. The van der Waals surface area contributed by atoms with Crippen LogP contribution in [0.25, 0.3) is 0 Å². The number of rotatable bonds is 4. The molecule has 0 saturated heterocycles. The van der Waals surface area contributed by atoms with Gasteiger partial charge in [-0.2, -0.15) is 12.6 Å². The van der Waals surface area contributed by atoms with Crippen LogP contribution in [0.3, 0.4) is 0 Å². The molecule has 2 rings (SSSR count). The first-order valence-corrected chi connectivity index (χ1v) is 7.73. The molecule has 0 aliphatic carbocycles. The predicted molar refractivity (Wildman–Crippen MR) is 92.7 cm³/mol. The van der Waals surface area contributed by atoms with Crippen LogP contribution < -0.4 is 5.32 Å². The third kappa shape index (κ3) is 4.40. The Balaban J connectivity index is 2.06. The van der Waals surface area contributed by atoms with E-state index in [1.165, 1.54) is 0 Å². The van der Waals surface area contributed by atoms with Crippen LogP contribution in [0, 0.1) is 6.92 Å². The molecule has 1 N–H and O–H groups in total. The minimum absolute atomic E-state index is 0.205. The highest BCUT2D eigenvalue weighted by molar-refractivity contribution is 7.81. The van der Waals surface area contributed by atoms with Gasteiger partial charge in [0.15, 0.2) is 0 Å². The van der Waals surface area contributed by atoms with E-state index in [-0.39, 0.29) is 5.91 Å². The highest BCUT2D eigenvalue weighted by Crippen LogP contribution is 2.29. The molecule has 0 aromatic heterocycles. The fourth-order valence-electron chi connectivity index (χ4n) is 1.89. The first-order valence-electron chi connectivity index (χ1n) is 6.46. The number of hydrogen-bond donors (Lipinski definition) is 2. The van der Waals surface area contributed by atoms with Gasteiger partial charge in [-0.25, -0.2) is 0 Å². The average Bonchev–Trinajstić information content (AvgIpc) is 2.45. The number of nitrogens with one attached hydrogen (secondary N) is 1. The van der Waals surface area contributed by atoms with Gasteiger partial charge >= 0.3 is 0 Å². The van der Waals surface area contributed by atoms with E-state index >= 15 is 0 Å². The van der Waals surface area contributed by atoms with Crippen molar-refractivity contribution in [1.29, 1.82) is 0 Å². The quantitative estimate of drug-likeness (QED) is 0.771. The summed E-state index contributed by atoms with van der Waals surface area (Å²) in [4.78, 5) is 12.2. The number of aryl methyl sites for hydroxylation is 1. The number of halogens is 2. The van der Waals surface area contributed by atoms with Crippen LogP contribution in [0.1, 0.15) is 11.1 Å². The van der Waals surface area contributed by atoms with Gasteiger partial charge in [-0.15, -0.1) is 0 Å². The number of benzene rings is 2. The maximum Gasteiger partial charge on any atom is 0.237 e. The van der Waals surface area contributed by atoms with Crippen molar-refractivity contribution in [3.8, 4) is 0 Å². The second-order valence-electron chi connectivity index (χ2n) is 4.78. The highest BCUT2D eigenvalue weighted by atomic mass is 35.5. The Hall–Kier alpha value is -1.16. The van der Waals surface area contributed by atoms with Crippen LogP contribution in [0.4, 0.5) is 5.69 Å². The predicted octanol–water partition coefficient (Wildman–Crippen LogP) is 4.78. The number of hydrogen-bond acceptors (Lipinski definition) is 2. The molecule has 1 atom stereocenters. The van der Waals surface area contributed by atoms with Gasteiger partial charge in [0.2, 0.25) is 5.91 Å². The van der Waals surface area contributed by atoms with E-state index in [1.54, 1.807) is 12.1 Å². The molecule has 0 heterocycles. The van der Waals surface area contributed by atoms with E-state index in [0.29, 0.717) is 22.2 Å². The van der Waals surface area contributed by atoms with E-state index in [1.807, 2.05) is 37.3 Å². The van der Waals surface area contributed by atoms with Crippen LogP contribution in [-0.4, -0.2) is 11.2 Å². The van der Waals surface area contributed by atoms with Crippen molar-refractivity contribution in [2.75, 3.05) is 5.32 Å². The van der Waals surface area contributed by atoms with Gasteiger partial charge in [0.05, 0.1) is 16.0 Å². The van der Waals surface area contributed by atoms with Crippen molar-refractivity contribution in [2.45, 2.75) is 18.6 Å². The van der Waals surface area contributed by atoms with Crippen LogP contribution in [0.5, 0.6) is 0 Å². The van der Waals surface area contributed by atoms with Crippen molar-refractivity contribution < 1.29 is 4.79 Å². The Morgan fingerprint density at radius 3 is 2.52 bits per heavy atom. The zero-order valence-corrected chi connectivity index (χ0v) is 13.8. The maximum absolute atomic E-state index is 12.2.